The normalized spacial score (nSPS) is 14.6. The van der Waals surface area contributed by atoms with Crippen molar-refractivity contribution in [3.8, 4) is 0 Å². The molecule has 0 radical (unpaired) electrons. The Morgan fingerprint density at radius 1 is 1.09 bits per heavy atom. The molecule has 1 aliphatic heterocycles. The third kappa shape index (κ3) is 3.28. The highest BCUT2D eigenvalue weighted by Crippen LogP contribution is 2.22. The van der Waals surface area contributed by atoms with E-state index in [9.17, 15) is 14.9 Å². The topological polar surface area (TPSA) is 79.6 Å². The molecule has 0 bridgehead atoms. The molecule has 0 spiro atoms. The lowest BCUT2D eigenvalue weighted by Crippen LogP contribution is -2.49. The van der Waals surface area contributed by atoms with Crippen molar-refractivity contribution >= 4 is 17.3 Å². The first-order chi connectivity index (χ1) is 11.1. The Hall–Kier alpha value is -2.96. The molecule has 0 aliphatic carbocycles. The Kier molecular flexibility index (Phi) is 4.18. The van der Waals surface area contributed by atoms with Crippen LogP contribution in [0.2, 0.25) is 0 Å². The molecule has 0 atom stereocenters. The molecule has 0 unspecified atom stereocenters. The van der Waals surface area contributed by atoms with E-state index in [-0.39, 0.29) is 11.6 Å². The van der Waals surface area contributed by atoms with Gasteiger partial charge in [-0.05, 0) is 18.2 Å². The molecule has 1 saturated heterocycles. The van der Waals surface area contributed by atoms with Gasteiger partial charge in [0.25, 0.3) is 11.6 Å². The number of anilines is 1. The highest BCUT2D eigenvalue weighted by atomic mass is 16.6. The van der Waals surface area contributed by atoms with Crippen LogP contribution >= 0.6 is 0 Å². The summed E-state index contributed by atoms with van der Waals surface area (Å²) in [6, 6.07) is 11.8. The van der Waals surface area contributed by atoms with Crippen molar-refractivity contribution in [2.75, 3.05) is 31.1 Å². The lowest BCUT2D eigenvalue weighted by molar-refractivity contribution is -0.384. The van der Waals surface area contributed by atoms with Gasteiger partial charge in [-0.2, -0.15) is 0 Å². The largest absolute Gasteiger partial charge is 0.368 e. The molecule has 1 aromatic heterocycles. The van der Waals surface area contributed by atoms with Gasteiger partial charge in [0.15, 0.2) is 0 Å². The van der Waals surface area contributed by atoms with Crippen LogP contribution in [-0.2, 0) is 0 Å². The van der Waals surface area contributed by atoms with Crippen LogP contribution in [0.15, 0.2) is 48.7 Å². The Labute approximate surface area is 133 Å². The number of rotatable bonds is 3. The van der Waals surface area contributed by atoms with Gasteiger partial charge >= 0.3 is 0 Å². The average Bonchev–Trinajstić information content (AvgIpc) is 2.62. The number of nitrogens with zero attached hydrogens (tertiary/aromatic N) is 4. The summed E-state index contributed by atoms with van der Waals surface area (Å²) in [5, 5.41) is 10.9. The smallest absolute Gasteiger partial charge is 0.272 e. The van der Waals surface area contributed by atoms with Gasteiger partial charge in [0.2, 0.25) is 0 Å². The van der Waals surface area contributed by atoms with Crippen molar-refractivity contribution in [1.82, 2.24) is 9.88 Å². The fourth-order valence-corrected chi connectivity index (χ4v) is 2.62. The first kappa shape index (κ1) is 15.0. The van der Waals surface area contributed by atoms with Gasteiger partial charge in [0, 0.05) is 50.2 Å². The van der Waals surface area contributed by atoms with Crippen molar-refractivity contribution in [2.24, 2.45) is 0 Å². The van der Waals surface area contributed by atoms with E-state index in [0.29, 0.717) is 31.9 Å². The standard InChI is InChI=1S/C16H16N4O3/c21-16(15-6-1-2-7-17-15)19-10-8-18(9-11-19)13-4-3-5-14(12-13)20(22)23/h1-7,12H,8-11H2. The van der Waals surface area contributed by atoms with Crippen molar-refractivity contribution in [1.29, 1.82) is 0 Å². The van der Waals surface area contributed by atoms with Crippen LogP contribution in [0.4, 0.5) is 11.4 Å². The van der Waals surface area contributed by atoms with Gasteiger partial charge in [0.1, 0.15) is 5.69 Å². The molecule has 118 valence electrons. The molecule has 2 aromatic rings. The second-order valence-electron chi connectivity index (χ2n) is 5.27. The molecule has 7 heteroatoms. The van der Waals surface area contributed by atoms with Gasteiger partial charge in [-0.25, -0.2) is 0 Å². The fourth-order valence-electron chi connectivity index (χ4n) is 2.62. The number of piperazine rings is 1. The summed E-state index contributed by atoms with van der Waals surface area (Å²) in [7, 11) is 0. The van der Waals surface area contributed by atoms with Crippen LogP contribution in [-0.4, -0.2) is 46.9 Å². The monoisotopic (exact) mass is 312 g/mol. The van der Waals surface area contributed by atoms with Crippen molar-refractivity contribution in [3.05, 3.63) is 64.5 Å². The Morgan fingerprint density at radius 3 is 2.52 bits per heavy atom. The minimum atomic E-state index is -0.398. The second-order valence-corrected chi connectivity index (χ2v) is 5.27. The van der Waals surface area contributed by atoms with E-state index in [0.717, 1.165) is 5.69 Å². The molecule has 23 heavy (non-hydrogen) atoms. The average molecular weight is 312 g/mol. The van der Waals surface area contributed by atoms with Crippen LogP contribution in [0.3, 0.4) is 0 Å². The number of pyridine rings is 1. The number of hydrogen-bond donors (Lipinski definition) is 0. The summed E-state index contributed by atoms with van der Waals surface area (Å²) in [6.07, 6.45) is 1.60. The number of benzene rings is 1. The Bertz CT molecular complexity index is 712. The van der Waals surface area contributed by atoms with Crippen LogP contribution in [0.25, 0.3) is 0 Å². The lowest BCUT2D eigenvalue weighted by Gasteiger charge is -2.35. The summed E-state index contributed by atoms with van der Waals surface area (Å²) in [4.78, 5) is 30.7. The van der Waals surface area contributed by atoms with Crippen molar-refractivity contribution in [2.45, 2.75) is 0 Å². The van der Waals surface area contributed by atoms with Gasteiger partial charge in [-0.3, -0.25) is 19.9 Å². The Balaban J connectivity index is 1.66. The molecule has 1 amide bonds. The maximum atomic E-state index is 12.3. The maximum Gasteiger partial charge on any atom is 0.272 e. The number of hydrogen-bond acceptors (Lipinski definition) is 5. The summed E-state index contributed by atoms with van der Waals surface area (Å²) in [5.74, 6) is -0.0794. The van der Waals surface area contributed by atoms with E-state index in [1.165, 1.54) is 6.07 Å². The summed E-state index contributed by atoms with van der Waals surface area (Å²) in [5.41, 5.74) is 1.33. The van der Waals surface area contributed by atoms with Crippen LogP contribution in [0.1, 0.15) is 10.5 Å². The summed E-state index contributed by atoms with van der Waals surface area (Å²) >= 11 is 0. The molecule has 7 nitrogen and oxygen atoms in total. The van der Waals surface area contributed by atoms with Gasteiger partial charge in [-0.1, -0.05) is 12.1 Å². The molecule has 3 rings (SSSR count). The van der Waals surface area contributed by atoms with Gasteiger partial charge in [-0.15, -0.1) is 0 Å². The number of carbonyl (C=O) groups is 1. The SMILES string of the molecule is O=C(c1ccccn1)N1CCN(c2cccc([N+](=O)[O-])c2)CC1. The number of nitro groups is 1. The number of non-ortho nitro benzene ring substituents is 1. The van der Waals surface area contributed by atoms with E-state index >= 15 is 0 Å². The van der Waals surface area contributed by atoms with Crippen LogP contribution in [0.5, 0.6) is 0 Å². The molecule has 1 aromatic carbocycles. The molecule has 1 aliphatic rings. The number of nitro benzene ring substituents is 1. The molecule has 0 N–H and O–H groups in total. The molecule has 2 heterocycles. The predicted molar refractivity (Wildman–Crippen MR) is 85.4 cm³/mol. The first-order valence-corrected chi connectivity index (χ1v) is 7.35. The third-order valence-corrected chi connectivity index (χ3v) is 3.86. The highest BCUT2D eigenvalue weighted by molar-refractivity contribution is 5.92. The predicted octanol–water partition coefficient (Wildman–Crippen LogP) is 1.95. The zero-order chi connectivity index (χ0) is 16.2. The molecular formula is C16H16N4O3. The number of carbonyl (C=O) groups excluding carboxylic acids is 1. The van der Waals surface area contributed by atoms with Gasteiger partial charge in [0.05, 0.1) is 4.92 Å². The van der Waals surface area contributed by atoms with E-state index in [2.05, 4.69) is 9.88 Å². The quantitative estimate of drug-likeness (QED) is 0.639. The zero-order valence-electron chi connectivity index (χ0n) is 12.5. The van der Waals surface area contributed by atoms with Crippen LogP contribution < -0.4 is 4.90 Å². The molecular weight excluding hydrogens is 296 g/mol. The van der Waals surface area contributed by atoms with Gasteiger partial charge < -0.3 is 9.80 Å². The van der Waals surface area contributed by atoms with Crippen molar-refractivity contribution < 1.29 is 9.72 Å². The van der Waals surface area contributed by atoms with E-state index in [1.807, 2.05) is 6.07 Å². The lowest BCUT2D eigenvalue weighted by atomic mass is 10.2. The fraction of sp³-hybridized carbons (Fsp3) is 0.250. The van der Waals surface area contributed by atoms with E-state index in [4.69, 9.17) is 0 Å². The number of amides is 1. The summed E-state index contributed by atoms with van der Waals surface area (Å²) < 4.78 is 0. The van der Waals surface area contributed by atoms with Crippen LogP contribution in [0, 0.1) is 10.1 Å². The maximum absolute atomic E-state index is 12.3. The summed E-state index contributed by atoms with van der Waals surface area (Å²) in [6.45, 7) is 2.41. The number of aromatic nitrogens is 1. The van der Waals surface area contributed by atoms with E-state index < -0.39 is 4.92 Å². The molecule has 1 fully saturated rings. The minimum Gasteiger partial charge on any atom is -0.368 e. The highest BCUT2D eigenvalue weighted by Gasteiger charge is 2.23. The van der Waals surface area contributed by atoms with Crippen molar-refractivity contribution in [3.63, 3.8) is 0 Å². The third-order valence-electron chi connectivity index (χ3n) is 3.86. The zero-order valence-corrected chi connectivity index (χ0v) is 12.5. The second kappa shape index (κ2) is 6.43. The van der Waals surface area contributed by atoms with E-state index in [1.54, 1.807) is 41.4 Å². The first-order valence-electron chi connectivity index (χ1n) is 7.35. The Morgan fingerprint density at radius 2 is 1.87 bits per heavy atom. The minimum absolute atomic E-state index is 0.0782. The molecule has 0 saturated carbocycles.